The van der Waals surface area contributed by atoms with Crippen molar-refractivity contribution in [2.24, 2.45) is 0 Å². The van der Waals surface area contributed by atoms with Crippen molar-refractivity contribution in [1.29, 1.82) is 0 Å². The van der Waals surface area contributed by atoms with Gasteiger partial charge in [-0.05, 0) is 34.1 Å². The lowest BCUT2D eigenvalue weighted by Gasteiger charge is -2.30. The molecule has 0 heterocycles. The van der Waals surface area contributed by atoms with Crippen molar-refractivity contribution in [3.05, 3.63) is 29.3 Å². The molecule has 0 saturated heterocycles. The van der Waals surface area contributed by atoms with Gasteiger partial charge in [0, 0.05) is 12.7 Å². The van der Waals surface area contributed by atoms with E-state index in [0.29, 0.717) is 0 Å². The topological polar surface area (TPSA) is 12.0 Å². The average Bonchev–Trinajstić information content (AvgIpc) is 2.14. The fourth-order valence-electron chi connectivity index (χ4n) is 1.97. The highest BCUT2D eigenvalue weighted by Gasteiger charge is 2.24. The van der Waals surface area contributed by atoms with Gasteiger partial charge < -0.3 is 5.32 Å². The first-order valence-electron chi connectivity index (χ1n) is 5.99. The number of anilines is 1. The molecule has 0 aromatic heterocycles. The Bertz CT molecular complexity index is 364. The summed E-state index contributed by atoms with van der Waals surface area (Å²) in [4.78, 5) is 0. The van der Waals surface area contributed by atoms with Crippen molar-refractivity contribution in [3.63, 3.8) is 0 Å². The predicted octanol–water partition coefficient (Wildman–Crippen LogP) is 4.32. The lowest BCUT2D eigenvalue weighted by Crippen LogP contribution is -2.22. The zero-order valence-electron chi connectivity index (χ0n) is 11.7. The highest BCUT2D eigenvalue weighted by atomic mass is 14.8. The van der Waals surface area contributed by atoms with Crippen LogP contribution in [0.1, 0.15) is 52.7 Å². The van der Waals surface area contributed by atoms with E-state index < -0.39 is 0 Å². The van der Waals surface area contributed by atoms with Crippen molar-refractivity contribution >= 4 is 5.69 Å². The van der Waals surface area contributed by atoms with Gasteiger partial charge in [-0.25, -0.2) is 0 Å². The Kier molecular flexibility index (Phi) is 3.37. The number of rotatable bonds is 1. The fraction of sp³-hybridized carbons (Fsp3) is 0.600. The number of nitrogens with one attached hydrogen (secondary N) is 1. The van der Waals surface area contributed by atoms with Gasteiger partial charge in [-0.15, -0.1) is 0 Å². The Morgan fingerprint density at radius 3 is 1.69 bits per heavy atom. The molecule has 0 fully saturated rings. The Morgan fingerprint density at radius 2 is 1.31 bits per heavy atom. The summed E-state index contributed by atoms with van der Waals surface area (Å²) >= 11 is 0. The standard InChI is InChI=1S/C15H25N/c1-14(2,3)12-9-8-11(16-7)10-13(12)15(4,5)6/h8-10,16H,1-7H3. The van der Waals surface area contributed by atoms with E-state index in [9.17, 15) is 0 Å². The molecule has 0 aliphatic carbocycles. The molecular weight excluding hydrogens is 194 g/mol. The molecule has 1 heteroatoms. The molecule has 1 nitrogen and oxygen atoms in total. The smallest absolute Gasteiger partial charge is 0.0340 e. The summed E-state index contributed by atoms with van der Waals surface area (Å²) < 4.78 is 0. The molecule has 1 N–H and O–H groups in total. The summed E-state index contributed by atoms with van der Waals surface area (Å²) in [5.41, 5.74) is 4.47. The Morgan fingerprint density at radius 1 is 0.812 bits per heavy atom. The van der Waals surface area contributed by atoms with E-state index in [1.54, 1.807) is 0 Å². The molecule has 0 unspecified atom stereocenters. The quantitative estimate of drug-likeness (QED) is 0.741. The predicted molar refractivity (Wildman–Crippen MR) is 73.4 cm³/mol. The number of hydrogen-bond donors (Lipinski definition) is 1. The summed E-state index contributed by atoms with van der Waals surface area (Å²) in [5, 5.41) is 3.22. The van der Waals surface area contributed by atoms with Gasteiger partial charge in [-0.3, -0.25) is 0 Å². The van der Waals surface area contributed by atoms with E-state index in [2.05, 4.69) is 65.1 Å². The van der Waals surface area contributed by atoms with Crippen molar-refractivity contribution < 1.29 is 0 Å². The minimum atomic E-state index is 0.190. The maximum atomic E-state index is 3.22. The zero-order chi connectivity index (χ0) is 12.6. The van der Waals surface area contributed by atoms with Crippen molar-refractivity contribution in [3.8, 4) is 0 Å². The van der Waals surface area contributed by atoms with E-state index >= 15 is 0 Å². The van der Waals surface area contributed by atoms with Crippen LogP contribution in [0.2, 0.25) is 0 Å². The van der Waals surface area contributed by atoms with Crippen LogP contribution in [0.3, 0.4) is 0 Å². The number of hydrogen-bond acceptors (Lipinski definition) is 1. The Hall–Kier alpha value is -0.980. The monoisotopic (exact) mass is 219 g/mol. The molecule has 0 atom stereocenters. The third-order valence-electron chi connectivity index (χ3n) is 2.92. The van der Waals surface area contributed by atoms with Gasteiger partial charge in [0.2, 0.25) is 0 Å². The molecule has 0 saturated carbocycles. The first-order valence-corrected chi connectivity index (χ1v) is 5.99. The second kappa shape index (κ2) is 4.12. The maximum Gasteiger partial charge on any atom is 0.0340 e. The van der Waals surface area contributed by atoms with Gasteiger partial charge in [0.05, 0.1) is 0 Å². The lowest BCUT2D eigenvalue weighted by atomic mass is 9.75. The molecule has 0 amide bonds. The van der Waals surface area contributed by atoms with Crippen molar-refractivity contribution in [1.82, 2.24) is 0 Å². The van der Waals surface area contributed by atoms with E-state index in [1.807, 2.05) is 7.05 Å². The van der Waals surface area contributed by atoms with Gasteiger partial charge in [0.25, 0.3) is 0 Å². The SMILES string of the molecule is CNc1ccc(C(C)(C)C)c(C(C)(C)C)c1. The molecule has 1 rings (SSSR count). The normalized spacial score (nSPS) is 12.7. The van der Waals surface area contributed by atoms with Crippen molar-refractivity contribution in [2.75, 3.05) is 12.4 Å². The van der Waals surface area contributed by atoms with Crippen LogP contribution in [0.15, 0.2) is 18.2 Å². The molecule has 90 valence electrons. The van der Waals surface area contributed by atoms with Crippen LogP contribution < -0.4 is 5.32 Å². The average molecular weight is 219 g/mol. The van der Waals surface area contributed by atoms with Crippen LogP contribution in [-0.2, 0) is 10.8 Å². The van der Waals surface area contributed by atoms with E-state index in [1.165, 1.54) is 16.8 Å². The van der Waals surface area contributed by atoms with Gasteiger partial charge in [0.1, 0.15) is 0 Å². The summed E-state index contributed by atoms with van der Waals surface area (Å²) in [6.07, 6.45) is 0. The Labute approximate surface area is 100 Å². The molecule has 0 bridgehead atoms. The largest absolute Gasteiger partial charge is 0.388 e. The maximum absolute atomic E-state index is 3.22. The van der Waals surface area contributed by atoms with Gasteiger partial charge in [-0.1, -0.05) is 47.6 Å². The summed E-state index contributed by atoms with van der Waals surface area (Å²) in [5.74, 6) is 0. The van der Waals surface area contributed by atoms with Crippen LogP contribution >= 0.6 is 0 Å². The second-order valence-electron chi connectivity index (χ2n) is 6.51. The summed E-state index contributed by atoms with van der Waals surface area (Å²) in [7, 11) is 1.97. The number of benzene rings is 1. The van der Waals surface area contributed by atoms with Crippen LogP contribution in [0.5, 0.6) is 0 Å². The van der Waals surface area contributed by atoms with E-state index in [4.69, 9.17) is 0 Å². The molecule has 0 spiro atoms. The molecule has 16 heavy (non-hydrogen) atoms. The molecule has 0 aliphatic rings. The highest BCUT2D eigenvalue weighted by Crippen LogP contribution is 2.35. The summed E-state index contributed by atoms with van der Waals surface area (Å²) in [6.45, 7) is 13.6. The first-order chi connectivity index (χ1) is 7.16. The fourth-order valence-corrected chi connectivity index (χ4v) is 1.97. The Balaban J connectivity index is 3.40. The minimum absolute atomic E-state index is 0.190. The van der Waals surface area contributed by atoms with Crippen LogP contribution in [0.25, 0.3) is 0 Å². The van der Waals surface area contributed by atoms with Crippen molar-refractivity contribution in [2.45, 2.75) is 52.4 Å². The third-order valence-corrected chi connectivity index (χ3v) is 2.92. The van der Waals surface area contributed by atoms with Gasteiger partial charge >= 0.3 is 0 Å². The lowest BCUT2D eigenvalue weighted by molar-refractivity contribution is 0.530. The third kappa shape index (κ3) is 2.78. The van der Waals surface area contributed by atoms with Crippen LogP contribution in [0.4, 0.5) is 5.69 Å². The highest BCUT2D eigenvalue weighted by molar-refractivity contribution is 5.52. The van der Waals surface area contributed by atoms with Crippen LogP contribution in [0, 0.1) is 0 Å². The van der Waals surface area contributed by atoms with E-state index in [0.717, 1.165) is 0 Å². The second-order valence-corrected chi connectivity index (χ2v) is 6.51. The molecule has 1 aromatic rings. The molecular formula is C15H25N. The zero-order valence-corrected chi connectivity index (χ0v) is 11.7. The molecule has 0 radical (unpaired) electrons. The van der Waals surface area contributed by atoms with Crippen LogP contribution in [-0.4, -0.2) is 7.05 Å². The first kappa shape index (κ1) is 13.1. The van der Waals surface area contributed by atoms with E-state index in [-0.39, 0.29) is 10.8 Å². The minimum Gasteiger partial charge on any atom is -0.388 e. The molecule has 1 aromatic carbocycles. The van der Waals surface area contributed by atoms with Gasteiger partial charge in [-0.2, -0.15) is 0 Å². The summed E-state index contributed by atoms with van der Waals surface area (Å²) in [6, 6.07) is 6.70. The molecule has 0 aliphatic heterocycles. The van der Waals surface area contributed by atoms with Gasteiger partial charge in [0.15, 0.2) is 0 Å².